The Morgan fingerprint density at radius 1 is 1.00 bits per heavy atom. The van der Waals surface area contributed by atoms with E-state index in [0.717, 1.165) is 73.4 Å². The fraction of sp³-hybridized carbons (Fsp3) is 0.240. The molecule has 5 rings (SSSR count). The molecule has 1 saturated heterocycles. The van der Waals surface area contributed by atoms with Crippen LogP contribution in [0.4, 0.5) is 17.2 Å². The molecule has 0 atom stereocenters. The maximum atomic E-state index is 11.7. The van der Waals surface area contributed by atoms with Crippen molar-refractivity contribution < 1.29 is 14.7 Å². The molecule has 3 heterocycles. The molecule has 2 aromatic carbocycles. The number of carbonyl (C=O) groups is 1. The van der Waals surface area contributed by atoms with Gasteiger partial charge in [0.2, 0.25) is 0 Å². The van der Waals surface area contributed by atoms with Crippen LogP contribution >= 0.6 is 0 Å². The number of ether oxygens (including phenoxy) is 1. The molecule has 1 aromatic heterocycles. The fourth-order valence-electron chi connectivity index (χ4n) is 4.24. The highest BCUT2D eigenvalue weighted by Crippen LogP contribution is 2.39. The second-order valence-electron chi connectivity index (χ2n) is 7.95. The Morgan fingerprint density at radius 2 is 1.79 bits per heavy atom. The van der Waals surface area contributed by atoms with Crippen LogP contribution in [-0.2, 0) is 4.74 Å². The number of aromatic nitrogens is 1. The molecule has 0 aliphatic carbocycles. The van der Waals surface area contributed by atoms with Crippen molar-refractivity contribution in [2.45, 2.75) is 0 Å². The third-order valence-corrected chi connectivity index (χ3v) is 5.97. The Bertz CT molecular complexity index is 1170. The first kappa shape index (κ1) is 21.3. The van der Waals surface area contributed by atoms with E-state index >= 15 is 0 Å². The number of pyridine rings is 1. The summed E-state index contributed by atoms with van der Waals surface area (Å²) in [7, 11) is 0. The molecule has 2 aliphatic heterocycles. The zero-order valence-corrected chi connectivity index (χ0v) is 18.1. The van der Waals surface area contributed by atoms with E-state index in [1.54, 1.807) is 23.8 Å². The van der Waals surface area contributed by atoms with Crippen molar-refractivity contribution in [3.63, 3.8) is 0 Å². The predicted octanol–water partition coefficient (Wildman–Crippen LogP) is 3.15. The number of carbonyl (C=O) groups excluding carboxylic acids is 1. The molecule has 0 bridgehead atoms. The molecule has 1 fully saturated rings. The molecule has 1 amide bonds. The van der Waals surface area contributed by atoms with Crippen LogP contribution in [0.5, 0.6) is 0 Å². The van der Waals surface area contributed by atoms with Gasteiger partial charge in [-0.3, -0.25) is 14.9 Å². The third kappa shape index (κ3) is 4.36. The molecule has 33 heavy (non-hydrogen) atoms. The van der Waals surface area contributed by atoms with Crippen molar-refractivity contribution in [3.8, 4) is 0 Å². The molecule has 3 aromatic rings. The summed E-state index contributed by atoms with van der Waals surface area (Å²) in [5.74, 6) is 0.303. The van der Waals surface area contributed by atoms with E-state index in [1.807, 2.05) is 42.5 Å². The Hall–Kier alpha value is -3.59. The van der Waals surface area contributed by atoms with Gasteiger partial charge >= 0.3 is 0 Å². The van der Waals surface area contributed by atoms with Gasteiger partial charge in [0.1, 0.15) is 5.82 Å². The van der Waals surface area contributed by atoms with E-state index in [9.17, 15) is 4.79 Å². The largest absolute Gasteiger partial charge is 0.379 e. The molecule has 8 heteroatoms. The second kappa shape index (κ2) is 9.50. The molecule has 8 nitrogen and oxygen atoms in total. The van der Waals surface area contributed by atoms with Gasteiger partial charge in [0.25, 0.3) is 5.91 Å². The summed E-state index contributed by atoms with van der Waals surface area (Å²) in [5, 5.41) is 8.91. The molecule has 2 N–H and O–H groups in total. The van der Waals surface area contributed by atoms with E-state index < -0.39 is 5.91 Å². The van der Waals surface area contributed by atoms with Crippen LogP contribution < -0.4 is 10.4 Å². The monoisotopic (exact) mass is 443 g/mol. The molecular formula is C25H25N5O3. The van der Waals surface area contributed by atoms with Crippen molar-refractivity contribution in [2.24, 2.45) is 4.99 Å². The predicted molar refractivity (Wildman–Crippen MR) is 126 cm³/mol. The number of rotatable bonds is 5. The van der Waals surface area contributed by atoms with E-state index in [-0.39, 0.29) is 0 Å². The van der Waals surface area contributed by atoms with Crippen LogP contribution in [0.25, 0.3) is 0 Å². The first-order valence-corrected chi connectivity index (χ1v) is 11.0. The minimum absolute atomic E-state index is 0.370. The quantitative estimate of drug-likeness (QED) is 0.465. The van der Waals surface area contributed by atoms with Crippen LogP contribution in [0.1, 0.15) is 21.5 Å². The Morgan fingerprint density at radius 3 is 2.58 bits per heavy atom. The first-order valence-electron chi connectivity index (χ1n) is 11.0. The van der Waals surface area contributed by atoms with Gasteiger partial charge in [-0.15, -0.1) is 0 Å². The number of nitrogens with zero attached hydrogens (tertiary/aromatic N) is 4. The van der Waals surface area contributed by atoms with Crippen LogP contribution in [0, 0.1) is 0 Å². The summed E-state index contributed by atoms with van der Waals surface area (Å²) in [4.78, 5) is 26.2. The molecule has 0 unspecified atom stereocenters. The number of nitrogens with one attached hydrogen (secondary N) is 1. The highest BCUT2D eigenvalue weighted by Gasteiger charge is 2.25. The lowest BCUT2D eigenvalue weighted by atomic mass is 10.0. The number of aliphatic imine (C=N–C) groups is 1. The van der Waals surface area contributed by atoms with Gasteiger partial charge in [-0.05, 0) is 36.4 Å². The first-order chi connectivity index (χ1) is 16.2. The smallest absolute Gasteiger partial charge is 0.274 e. The number of amides is 1. The summed E-state index contributed by atoms with van der Waals surface area (Å²) in [5.41, 5.74) is 6.49. The van der Waals surface area contributed by atoms with Gasteiger partial charge in [0, 0.05) is 49.1 Å². The SMILES string of the molecule is O=C(NO)c1ccc(C2=Nc3ccccc3N(CCN3CCOCC3)c3ncccc32)cc1. The second-order valence-corrected chi connectivity index (χ2v) is 7.95. The van der Waals surface area contributed by atoms with E-state index in [1.165, 1.54) is 0 Å². The van der Waals surface area contributed by atoms with E-state index in [2.05, 4.69) is 15.9 Å². The molecule has 168 valence electrons. The highest BCUT2D eigenvalue weighted by molar-refractivity contribution is 6.18. The lowest BCUT2D eigenvalue weighted by molar-refractivity contribution is 0.0394. The van der Waals surface area contributed by atoms with Crippen molar-refractivity contribution in [1.82, 2.24) is 15.4 Å². The maximum absolute atomic E-state index is 11.7. The third-order valence-electron chi connectivity index (χ3n) is 5.97. The van der Waals surface area contributed by atoms with Crippen LogP contribution in [0.3, 0.4) is 0 Å². The number of hydrogen-bond donors (Lipinski definition) is 2. The standard InChI is InChI=1S/C25H25N5O3/c31-25(28-32)19-9-7-18(8-10-19)23-20-4-3-11-26-24(20)30(13-12-29-14-16-33-17-15-29)22-6-2-1-5-21(22)27-23/h1-11,32H,12-17H2,(H,28,31). The molecule has 2 aliphatic rings. The van der Waals surface area contributed by atoms with Crippen molar-refractivity contribution in [2.75, 3.05) is 44.3 Å². The minimum Gasteiger partial charge on any atom is -0.379 e. The van der Waals surface area contributed by atoms with Gasteiger partial charge in [0.15, 0.2) is 0 Å². The fourth-order valence-corrected chi connectivity index (χ4v) is 4.24. The normalized spacial score (nSPS) is 15.8. The van der Waals surface area contributed by atoms with Crippen molar-refractivity contribution in [1.29, 1.82) is 0 Å². The maximum Gasteiger partial charge on any atom is 0.274 e. The minimum atomic E-state index is -0.550. The summed E-state index contributed by atoms with van der Waals surface area (Å²) >= 11 is 0. The number of fused-ring (bicyclic) bond motifs is 2. The van der Waals surface area contributed by atoms with Gasteiger partial charge in [-0.2, -0.15) is 0 Å². The number of morpholine rings is 1. The molecule has 0 saturated carbocycles. The van der Waals surface area contributed by atoms with Crippen LogP contribution in [-0.4, -0.2) is 66.1 Å². The number of hydroxylamine groups is 1. The number of anilines is 2. The average Bonchev–Trinajstić information content (AvgIpc) is 3.02. The Kier molecular flexibility index (Phi) is 6.12. The number of benzene rings is 2. The van der Waals surface area contributed by atoms with Crippen molar-refractivity contribution in [3.05, 3.63) is 83.6 Å². The van der Waals surface area contributed by atoms with Gasteiger partial charge in [-0.1, -0.05) is 24.3 Å². The summed E-state index contributed by atoms with van der Waals surface area (Å²) < 4.78 is 5.49. The lowest BCUT2D eigenvalue weighted by Crippen LogP contribution is -2.40. The van der Waals surface area contributed by atoms with Gasteiger partial charge in [-0.25, -0.2) is 15.5 Å². The molecule has 0 radical (unpaired) electrons. The number of hydrogen-bond acceptors (Lipinski definition) is 7. The zero-order valence-electron chi connectivity index (χ0n) is 18.1. The van der Waals surface area contributed by atoms with Crippen LogP contribution in [0.2, 0.25) is 0 Å². The van der Waals surface area contributed by atoms with Crippen molar-refractivity contribution >= 4 is 28.8 Å². The number of para-hydroxylation sites is 2. The van der Waals surface area contributed by atoms with E-state index in [0.29, 0.717) is 5.56 Å². The lowest BCUT2D eigenvalue weighted by Gasteiger charge is -2.31. The summed E-state index contributed by atoms with van der Waals surface area (Å²) in [6, 6.07) is 19.1. The molecular weight excluding hydrogens is 418 g/mol. The highest BCUT2D eigenvalue weighted by atomic mass is 16.5. The summed E-state index contributed by atoms with van der Waals surface area (Å²) in [6.45, 7) is 5.07. The Balaban J connectivity index is 1.55. The topological polar surface area (TPSA) is 90.3 Å². The van der Waals surface area contributed by atoms with Gasteiger partial charge < -0.3 is 9.64 Å². The average molecular weight is 444 g/mol. The molecule has 0 spiro atoms. The van der Waals surface area contributed by atoms with Gasteiger partial charge in [0.05, 0.1) is 30.3 Å². The summed E-state index contributed by atoms with van der Waals surface area (Å²) in [6.07, 6.45) is 1.81. The van der Waals surface area contributed by atoms with Crippen LogP contribution in [0.15, 0.2) is 71.9 Å². The zero-order chi connectivity index (χ0) is 22.6. The van der Waals surface area contributed by atoms with E-state index in [4.69, 9.17) is 19.9 Å². The Labute approximate surface area is 192 Å².